The lowest BCUT2D eigenvalue weighted by molar-refractivity contribution is -0.122. The number of amides is 2. The maximum absolute atomic E-state index is 12.3. The first-order valence-electron chi connectivity index (χ1n) is 7.11. The number of hydrogen-bond acceptors (Lipinski definition) is 3. The molecule has 0 radical (unpaired) electrons. The highest BCUT2D eigenvalue weighted by atomic mass is 16.2. The summed E-state index contributed by atoms with van der Waals surface area (Å²) in [5.41, 5.74) is 1.50. The summed E-state index contributed by atoms with van der Waals surface area (Å²) in [7, 11) is 0. The minimum Gasteiger partial charge on any atom is -0.384 e. The molecule has 1 aromatic carbocycles. The van der Waals surface area contributed by atoms with Gasteiger partial charge in [0.2, 0.25) is 5.91 Å². The zero-order valence-corrected chi connectivity index (χ0v) is 11.7. The van der Waals surface area contributed by atoms with Crippen LogP contribution in [0, 0.1) is 0 Å². The van der Waals surface area contributed by atoms with E-state index in [9.17, 15) is 9.59 Å². The van der Waals surface area contributed by atoms with E-state index >= 15 is 0 Å². The van der Waals surface area contributed by atoms with Gasteiger partial charge in [0.15, 0.2) is 0 Å². The fourth-order valence-electron chi connectivity index (χ4n) is 2.21. The molecule has 2 amide bonds. The maximum atomic E-state index is 12.3. The van der Waals surface area contributed by atoms with Crippen LogP contribution in [0.1, 0.15) is 36.5 Å². The quantitative estimate of drug-likeness (QED) is 0.763. The molecule has 1 aliphatic rings. The van der Waals surface area contributed by atoms with E-state index in [0.29, 0.717) is 24.9 Å². The highest BCUT2D eigenvalue weighted by molar-refractivity contribution is 5.99. The Labute approximate surface area is 119 Å². The number of hydrogen-bond donors (Lipinski definition) is 3. The van der Waals surface area contributed by atoms with Crippen molar-refractivity contribution >= 4 is 17.5 Å². The predicted molar refractivity (Wildman–Crippen MR) is 78.7 cm³/mol. The van der Waals surface area contributed by atoms with E-state index in [1.54, 1.807) is 0 Å². The van der Waals surface area contributed by atoms with Crippen molar-refractivity contribution in [2.24, 2.45) is 0 Å². The van der Waals surface area contributed by atoms with Crippen LogP contribution in [0.4, 0.5) is 5.69 Å². The van der Waals surface area contributed by atoms with Crippen LogP contribution in [0.25, 0.3) is 0 Å². The van der Waals surface area contributed by atoms with Gasteiger partial charge in [0, 0.05) is 31.2 Å². The monoisotopic (exact) mass is 275 g/mol. The molecule has 108 valence electrons. The van der Waals surface area contributed by atoms with Gasteiger partial charge in [-0.1, -0.05) is 19.1 Å². The molecule has 3 N–H and O–H groups in total. The van der Waals surface area contributed by atoms with Gasteiger partial charge in [-0.3, -0.25) is 9.59 Å². The Morgan fingerprint density at radius 1 is 1.40 bits per heavy atom. The molecule has 1 fully saturated rings. The summed E-state index contributed by atoms with van der Waals surface area (Å²) in [5.74, 6) is -0.0362. The summed E-state index contributed by atoms with van der Waals surface area (Å²) in [6, 6.07) is 7.51. The van der Waals surface area contributed by atoms with Gasteiger partial charge in [0.25, 0.3) is 5.91 Å². The average Bonchev–Trinajstić information content (AvgIpc) is 2.47. The van der Waals surface area contributed by atoms with Gasteiger partial charge in [-0.25, -0.2) is 0 Å². The zero-order chi connectivity index (χ0) is 14.4. The number of rotatable bonds is 5. The second-order valence-electron chi connectivity index (χ2n) is 4.99. The van der Waals surface area contributed by atoms with Crippen molar-refractivity contribution < 1.29 is 9.59 Å². The highest BCUT2D eigenvalue weighted by Gasteiger charge is 2.21. The fourth-order valence-corrected chi connectivity index (χ4v) is 2.21. The van der Waals surface area contributed by atoms with E-state index in [-0.39, 0.29) is 17.9 Å². The van der Waals surface area contributed by atoms with E-state index < -0.39 is 0 Å². The number of carbonyl (C=O) groups excluding carboxylic acids is 2. The average molecular weight is 275 g/mol. The fraction of sp³-hybridized carbons (Fsp3) is 0.467. The van der Waals surface area contributed by atoms with Crippen LogP contribution in [0.5, 0.6) is 0 Å². The van der Waals surface area contributed by atoms with Gasteiger partial charge in [-0.2, -0.15) is 0 Å². The maximum Gasteiger partial charge on any atom is 0.253 e. The molecule has 1 aliphatic heterocycles. The van der Waals surface area contributed by atoms with E-state index in [0.717, 1.165) is 18.7 Å². The van der Waals surface area contributed by atoms with Crippen LogP contribution in [-0.4, -0.2) is 30.9 Å². The number of nitrogens with one attached hydrogen (secondary N) is 3. The third kappa shape index (κ3) is 3.73. The SMILES string of the molecule is CCCNc1ccccc1C(=O)NC1CCC(=O)NC1. The van der Waals surface area contributed by atoms with Gasteiger partial charge in [-0.15, -0.1) is 0 Å². The summed E-state index contributed by atoms with van der Waals surface area (Å²) in [6.45, 7) is 3.43. The molecule has 0 aromatic heterocycles. The summed E-state index contributed by atoms with van der Waals surface area (Å²) < 4.78 is 0. The van der Waals surface area contributed by atoms with Gasteiger partial charge in [0.1, 0.15) is 0 Å². The molecule has 5 heteroatoms. The molecular formula is C15H21N3O2. The van der Waals surface area contributed by atoms with Crippen LogP contribution in [0.15, 0.2) is 24.3 Å². The Morgan fingerprint density at radius 3 is 2.90 bits per heavy atom. The van der Waals surface area contributed by atoms with Gasteiger partial charge in [0.05, 0.1) is 5.56 Å². The summed E-state index contributed by atoms with van der Waals surface area (Å²) in [4.78, 5) is 23.4. The van der Waals surface area contributed by atoms with Crippen LogP contribution < -0.4 is 16.0 Å². The van der Waals surface area contributed by atoms with Gasteiger partial charge in [-0.05, 0) is 25.0 Å². The molecule has 1 heterocycles. The molecule has 1 atom stereocenters. The normalized spacial score (nSPS) is 18.2. The van der Waals surface area contributed by atoms with Crippen molar-refractivity contribution in [2.45, 2.75) is 32.2 Å². The van der Waals surface area contributed by atoms with Gasteiger partial charge < -0.3 is 16.0 Å². The van der Waals surface area contributed by atoms with Crippen LogP contribution in [0.3, 0.4) is 0 Å². The lowest BCUT2D eigenvalue weighted by atomic mass is 10.1. The van der Waals surface area contributed by atoms with Crippen molar-refractivity contribution in [3.8, 4) is 0 Å². The largest absolute Gasteiger partial charge is 0.384 e. The molecule has 0 spiro atoms. The van der Waals surface area contributed by atoms with Crippen molar-refractivity contribution in [3.63, 3.8) is 0 Å². The van der Waals surface area contributed by atoms with Gasteiger partial charge >= 0.3 is 0 Å². The van der Waals surface area contributed by atoms with Crippen molar-refractivity contribution in [2.75, 3.05) is 18.4 Å². The lowest BCUT2D eigenvalue weighted by Gasteiger charge is -2.24. The second kappa shape index (κ2) is 6.93. The predicted octanol–water partition coefficient (Wildman–Crippen LogP) is 1.52. The third-order valence-corrected chi connectivity index (χ3v) is 3.34. The van der Waals surface area contributed by atoms with Crippen molar-refractivity contribution in [3.05, 3.63) is 29.8 Å². The molecule has 5 nitrogen and oxygen atoms in total. The number of carbonyl (C=O) groups is 2. The first-order valence-corrected chi connectivity index (χ1v) is 7.11. The third-order valence-electron chi connectivity index (χ3n) is 3.34. The van der Waals surface area contributed by atoms with E-state index in [4.69, 9.17) is 0 Å². The van der Waals surface area contributed by atoms with Crippen molar-refractivity contribution in [1.29, 1.82) is 0 Å². The molecule has 1 unspecified atom stereocenters. The molecule has 1 aromatic rings. The molecule has 1 saturated heterocycles. The number of benzene rings is 1. The summed E-state index contributed by atoms with van der Waals surface area (Å²) in [5, 5.41) is 9.00. The molecule has 0 saturated carbocycles. The zero-order valence-electron chi connectivity index (χ0n) is 11.7. The molecule has 2 rings (SSSR count). The number of anilines is 1. The lowest BCUT2D eigenvalue weighted by Crippen LogP contribution is -2.47. The first kappa shape index (κ1) is 14.4. The van der Waals surface area contributed by atoms with E-state index in [1.807, 2.05) is 24.3 Å². The molecule has 20 heavy (non-hydrogen) atoms. The minimum atomic E-state index is -0.0923. The summed E-state index contributed by atoms with van der Waals surface area (Å²) in [6.07, 6.45) is 2.17. The molecule has 0 bridgehead atoms. The smallest absolute Gasteiger partial charge is 0.253 e. The van der Waals surface area contributed by atoms with E-state index in [2.05, 4.69) is 22.9 Å². The Morgan fingerprint density at radius 2 is 2.20 bits per heavy atom. The highest BCUT2D eigenvalue weighted by Crippen LogP contribution is 2.15. The standard InChI is InChI=1S/C15H21N3O2/c1-2-9-16-13-6-4-3-5-12(13)15(20)18-11-7-8-14(19)17-10-11/h3-6,11,16H,2,7-10H2,1H3,(H,17,19)(H,18,20). The Bertz CT molecular complexity index is 478. The van der Waals surface area contributed by atoms with Crippen LogP contribution in [0.2, 0.25) is 0 Å². The topological polar surface area (TPSA) is 70.2 Å². The minimum absolute atomic E-state index is 0.0134. The Balaban J connectivity index is 1.99. The number of piperidine rings is 1. The van der Waals surface area contributed by atoms with Crippen molar-refractivity contribution in [1.82, 2.24) is 10.6 Å². The molecular weight excluding hydrogens is 254 g/mol. The Kier molecular flexibility index (Phi) is 4.98. The van der Waals surface area contributed by atoms with Crippen LogP contribution in [-0.2, 0) is 4.79 Å². The molecule has 0 aliphatic carbocycles. The summed E-state index contributed by atoms with van der Waals surface area (Å²) >= 11 is 0. The van der Waals surface area contributed by atoms with Crippen LogP contribution >= 0.6 is 0 Å². The number of para-hydroxylation sites is 1. The van der Waals surface area contributed by atoms with E-state index in [1.165, 1.54) is 0 Å². The second-order valence-corrected chi connectivity index (χ2v) is 4.99. The Hall–Kier alpha value is -2.04. The first-order chi connectivity index (χ1) is 9.70.